The number of rotatable bonds is 8. The first-order valence-electron chi connectivity index (χ1n) is 8.90. The number of nitrogens with one attached hydrogen (secondary N) is 2. The fourth-order valence-corrected chi connectivity index (χ4v) is 2.60. The summed E-state index contributed by atoms with van der Waals surface area (Å²) in [5, 5.41) is 13.7. The number of aromatic nitrogens is 3. The van der Waals surface area contributed by atoms with Crippen molar-refractivity contribution in [3.63, 3.8) is 0 Å². The second-order valence-electron chi connectivity index (χ2n) is 7.06. The van der Waals surface area contributed by atoms with E-state index in [1.807, 2.05) is 62.6 Å². The predicted molar refractivity (Wildman–Crippen MR) is 99.4 cm³/mol. The van der Waals surface area contributed by atoms with E-state index in [4.69, 9.17) is 0 Å². The topological polar surface area (TPSA) is 88.9 Å². The molecule has 0 fully saturated rings. The number of amides is 2. The number of carbonyl (C=O) groups excluding carboxylic acids is 2. The van der Waals surface area contributed by atoms with E-state index >= 15 is 0 Å². The summed E-state index contributed by atoms with van der Waals surface area (Å²) in [6.45, 7) is 8.00. The molecule has 140 valence electrons. The highest BCUT2D eigenvalue weighted by molar-refractivity contribution is 5.87. The maximum atomic E-state index is 12.6. The summed E-state index contributed by atoms with van der Waals surface area (Å²) in [7, 11) is 0. The molecule has 1 atom stereocenters. The quantitative estimate of drug-likeness (QED) is 0.757. The van der Waals surface area contributed by atoms with Gasteiger partial charge in [0.25, 0.3) is 0 Å². The first kappa shape index (κ1) is 19.6. The molecule has 0 aliphatic rings. The Morgan fingerprint density at radius 2 is 1.81 bits per heavy atom. The molecular weight excluding hydrogens is 330 g/mol. The molecule has 0 aliphatic heterocycles. The Kier molecular flexibility index (Phi) is 6.89. The molecule has 0 aliphatic carbocycles. The van der Waals surface area contributed by atoms with Gasteiger partial charge < -0.3 is 10.6 Å². The van der Waals surface area contributed by atoms with E-state index in [0.717, 1.165) is 5.69 Å². The van der Waals surface area contributed by atoms with Crippen molar-refractivity contribution in [1.29, 1.82) is 0 Å². The van der Waals surface area contributed by atoms with E-state index in [9.17, 15) is 9.59 Å². The lowest BCUT2D eigenvalue weighted by atomic mass is 10.0. The molecule has 2 amide bonds. The second kappa shape index (κ2) is 9.12. The van der Waals surface area contributed by atoms with Crippen molar-refractivity contribution < 1.29 is 9.59 Å². The molecule has 2 aromatic rings. The Morgan fingerprint density at radius 1 is 1.12 bits per heavy atom. The zero-order valence-electron chi connectivity index (χ0n) is 15.8. The maximum Gasteiger partial charge on any atom is 0.243 e. The molecule has 2 rings (SSSR count). The van der Waals surface area contributed by atoms with Crippen molar-refractivity contribution in [3.05, 3.63) is 42.5 Å². The Morgan fingerprint density at radius 3 is 2.42 bits per heavy atom. The van der Waals surface area contributed by atoms with Crippen LogP contribution in [0.1, 0.15) is 39.9 Å². The monoisotopic (exact) mass is 357 g/mol. The SMILES string of the molecule is CC(C)CC(=O)NC(C(=O)NCc1nncn1-c1ccccc1)C(C)C. The van der Waals surface area contributed by atoms with Gasteiger partial charge in [-0.2, -0.15) is 0 Å². The van der Waals surface area contributed by atoms with Crippen LogP contribution in [0.4, 0.5) is 0 Å². The minimum Gasteiger partial charge on any atom is -0.347 e. The molecule has 0 spiro atoms. The Balaban J connectivity index is 2.01. The summed E-state index contributed by atoms with van der Waals surface area (Å²) in [6.07, 6.45) is 2.01. The normalized spacial score (nSPS) is 12.2. The molecule has 0 radical (unpaired) electrons. The van der Waals surface area contributed by atoms with Gasteiger partial charge in [0.2, 0.25) is 11.8 Å². The van der Waals surface area contributed by atoms with E-state index < -0.39 is 6.04 Å². The molecule has 1 unspecified atom stereocenters. The van der Waals surface area contributed by atoms with Gasteiger partial charge in [-0.25, -0.2) is 0 Å². The lowest BCUT2D eigenvalue weighted by Crippen LogP contribution is -2.49. The predicted octanol–water partition coefficient (Wildman–Crippen LogP) is 2.07. The molecule has 7 heteroatoms. The summed E-state index contributed by atoms with van der Waals surface area (Å²) >= 11 is 0. The second-order valence-corrected chi connectivity index (χ2v) is 7.06. The average Bonchev–Trinajstić information content (AvgIpc) is 3.06. The Bertz CT molecular complexity index is 725. The zero-order valence-corrected chi connectivity index (χ0v) is 15.8. The fraction of sp³-hybridized carbons (Fsp3) is 0.474. The fourth-order valence-electron chi connectivity index (χ4n) is 2.60. The number of para-hydroxylation sites is 1. The van der Waals surface area contributed by atoms with Gasteiger partial charge in [0.15, 0.2) is 5.82 Å². The van der Waals surface area contributed by atoms with Crippen molar-refractivity contribution >= 4 is 11.8 Å². The van der Waals surface area contributed by atoms with E-state index in [1.165, 1.54) is 0 Å². The molecule has 26 heavy (non-hydrogen) atoms. The van der Waals surface area contributed by atoms with Crippen molar-refractivity contribution in [2.45, 2.75) is 46.7 Å². The van der Waals surface area contributed by atoms with Gasteiger partial charge in [0.05, 0.1) is 6.54 Å². The van der Waals surface area contributed by atoms with Crippen molar-refractivity contribution in [3.8, 4) is 5.69 Å². The lowest BCUT2D eigenvalue weighted by Gasteiger charge is -2.22. The van der Waals surface area contributed by atoms with E-state index in [2.05, 4.69) is 20.8 Å². The number of hydrogen-bond donors (Lipinski definition) is 2. The molecule has 0 saturated carbocycles. The average molecular weight is 357 g/mol. The van der Waals surface area contributed by atoms with Crippen LogP contribution < -0.4 is 10.6 Å². The van der Waals surface area contributed by atoms with E-state index in [0.29, 0.717) is 12.2 Å². The molecule has 1 aromatic heterocycles. The number of nitrogens with zero attached hydrogens (tertiary/aromatic N) is 3. The van der Waals surface area contributed by atoms with Crippen LogP contribution in [0.2, 0.25) is 0 Å². The number of hydrogen-bond acceptors (Lipinski definition) is 4. The highest BCUT2D eigenvalue weighted by Gasteiger charge is 2.24. The van der Waals surface area contributed by atoms with Gasteiger partial charge in [-0.3, -0.25) is 14.2 Å². The summed E-state index contributed by atoms with van der Waals surface area (Å²) < 4.78 is 1.82. The minimum absolute atomic E-state index is 0.0156. The van der Waals surface area contributed by atoms with Gasteiger partial charge >= 0.3 is 0 Å². The minimum atomic E-state index is -0.575. The van der Waals surface area contributed by atoms with Crippen LogP contribution in [0.3, 0.4) is 0 Å². The van der Waals surface area contributed by atoms with Crippen molar-refractivity contribution in [2.24, 2.45) is 11.8 Å². The zero-order chi connectivity index (χ0) is 19.1. The van der Waals surface area contributed by atoms with Gasteiger partial charge in [0, 0.05) is 12.1 Å². The molecule has 2 N–H and O–H groups in total. The third-order valence-corrected chi connectivity index (χ3v) is 3.93. The Labute approximate surface area is 154 Å². The van der Waals surface area contributed by atoms with Crippen LogP contribution in [-0.2, 0) is 16.1 Å². The third-order valence-electron chi connectivity index (χ3n) is 3.93. The first-order valence-corrected chi connectivity index (χ1v) is 8.90. The molecule has 0 saturated heterocycles. The smallest absolute Gasteiger partial charge is 0.243 e. The molecule has 1 heterocycles. The third kappa shape index (κ3) is 5.40. The van der Waals surface area contributed by atoms with Crippen LogP contribution in [0, 0.1) is 11.8 Å². The van der Waals surface area contributed by atoms with Gasteiger partial charge in [-0.15, -0.1) is 10.2 Å². The number of carbonyl (C=O) groups is 2. The largest absolute Gasteiger partial charge is 0.347 e. The summed E-state index contributed by atoms with van der Waals surface area (Å²) in [5.41, 5.74) is 0.924. The summed E-state index contributed by atoms with van der Waals surface area (Å²) in [6, 6.07) is 9.10. The Hall–Kier alpha value is -2.70. The highest BCUT2D eigenvalue weighted by atomic mass is 16.2. The standard InChI is InChI=1S/C19H27N5O2/c1-13(2)10-17(25)22-18(14(3)4)19(26)20-11-16-23-21-12-24(16)15-8-6-5-7-9-15/h5-9,12-14,18H,10-11H2,1-4H3,(H,20,26)(H,22,25). The molecular formula is C19H27N5O2. The summed E-state index contributed by atoms with van der Waals surface area (Å²) in [5.74, 6) is 0.523. The first-order chi connectivity index (χ1) is 12.4. The van der Waals surface area contributed by atoms with Crippen molar-refractivity contribution in [1.82, 2.24) is 25.4 Å². The van der Waals surface area contributed by atoms with E-state index in [-0.39, 0.29) is 30.2 Å². The highest BCUT2D eigenvalue weighted by Crippen LogP contribution is 2.09. The number of benzene rings is 1. The van der Waals surface area contributed by atoms with Crippen LogP contribution in [0.15, 0.2) is 36.7 Å². The van der Waals surface area contributed by atoms with Crippen LogP contribution in [-0.4, -0.2) is 32.6 Å². The molecule has 0 bridgehead atoms. The van der Waals surface area contributed by atoms with Crippen LogP contribution >= 0.6 is 0 Å². The lowest BCUT2D eigenvalue weighted by molar-refractivity contribution is -0.130. The molecule has 1 aromatic carbocycles. The van der Waals surface area contributed by atoms with E-state index in [1.54, 1.807) is 6.33 Å². The van der Waals surface area contributed by atoms with Gasteiger partial charge in [-0.05, 0) is 24.0 Å². The van der Waals surface area contributed by atoms with Crippen LogP contribution in [0.5, 0.6) is 0 Å². The van der Waals surface area contributed by atoms with Gasteiger partial charge in [0.1, 0.15) is 12.4 Å². The van der Waals surface area contributed by atoms with Crippen LogP contribution in [0.25, 0.3) is 5.69 Å². The maximum absolute atomic E-state index is 12.6. The van der Waals surface area contributed by atoms with Gasteiger partial charge in [-0.1, -0.05) is 45.9 Å². The summed E-state index contributed by atoms with van der Waals surface area (Å²) in [4.78, 5) is 24.6. The molecule has 7 nitrogen and oxygen atoms in total. The van der Waals surface area contributed by atoms with Crippen molar-refractivity contribution in [2.75, 3.05) is 0 Å².